The second-order valence-corrected chi connectivity index (χ2v) is 11.8. The highest BCUT2D eigenvalue weighted by Gasteiger charge is 2.50. The third-order valence-corrected chi connectivity index (χ3v) is 8.59. The highest BCUT2D eigenvalue weighted by Crippen LogP contribution is 2.46. The van der Waals surface area contributed by atoms with E-state index in [0.717, 1.165) is 5.56 Å². The van der Waals surface area contributed by atoms with Gasteiger partial charge in [-0.15, -0.1) is 0 Å². The molecule has 0 unspecified atom stereocenters. The van der Waals surface area contributed by atoms with Gasteiger partial charge in [-0.2, -0.15) is 13.2 Å². The summed E-state index contributed by atoms with van der Waals surface area (Å²) in [5.74, 6) is -7.26. The number of H-pyrrole nitrogens is 1. The molecule has 0 aliphatic heterocycles. The van der Waals surface area contributed by atoms with Crippen molar-refractivity contribution in [3.8, 4) is 0 Å². The molecule has 1 atom stereocenters. The topological polar surface area (TPSA) is 109 Å². The molecule has 5 rings (SSSR count). The molecule has 1 aromatic carbocycles. The molecule has 2 aromatic heterocycles. The van der Waals surface area contributed by atoms with Crippen molar-refractivity contribution >= 4 is 23.2 Å². The summed E-state index contributed by atoms with van der Waals surface area (Å²) in [6.07, 6.45) is -8.47. The third kappa shape index (κ3) is 7.85. The molecule has 3 N–H and O–H groups in total. The molecule has 0 spiro atoms. The molecule has 3 aromatic rings. The Morgan fingerprint density at radius 1 is 0.911 bits per heavy atom. The number of alkyl halides is 7. The Bertz CT molecular complexity index is 1490. The molecule has 2 aliphatic rings. The van der Waals surface area contributed by atoms with E-state index in [1.54, 1.807) is 30.3 Å². The number of benzene rings is 1. The maximum atomic E-state index is 14.1. The number of amides is 2. The highest BCUT2D eigenvalue weighted by molar-refractivity contribution is 5.88. The van der Waals surface area contributed by atoms with E-state index in [4.69, 9.17) is 4.74 Å². The lowest BCUT2D eigenvalue weighted by molar-refractivity contribution is -0.145. The quantitative estimate of drug-likeness (QED) is 0.232. The molecule has 2 amide bonds. The van der Waals surface area contributed by atoms with Gasteiger partial charge >= 0.3 is 12.3 Å². The van der Waals surface area contributed by atoms with Crippen LogP contribution in [-0.2, 0) is 21.6 Å². The van der Waals surface area contributed by atoms with Gasteiger partial charge in [0.2, 0.25) is 17.8 Å². The van der Waals surface area contributed by atoms with E-state index < -0.39 is 92.5 Å². The van der Waals surface area contributed by atoms with Crippen molar-refractivity contribution in [2.45, 2.75) is 87.5 Å². The van der Waals surface area contributed by atoms with Crippen molar-refractivity contribution in [1.82, 2.24) is 25.6 Å². The van der Waals surface area contributed by atoms with Crippen molar-refractivity contribution in [3.05, 3.63) is 59.5 Å². The lowest BCUT2D eigenvalue weighted by Crippen LogP contribution is -2.50. The number of ether oxygens (including phenoxy) is 1. The van der Waals surface area contributed by atoms with Crippen molar-refractivity contribution in [2.75, 3.05) is 6.54 Å². The zero-order valence-corrected chi connectivity index (χ0v) is 24.0. The van der Waals surface area contributed by atoms with Gasteiger partial charge in [0, 0.05) is 25.7 Å². The molecule has 244 valence electrons. The Kier molecular flexibility index (Phi) is 9.00. The van der Waals surface area contributed by atoms with Gasteiger partial charge in [-0.1, -0.05) is 30.3 Å². The van der Waals surface area contributed by atoms with Gasteiger partial charge < -0.3 is 20.4 Å². The SMILES string of the molecule is O=C(N[C@H](c1nc2nc(C3(C(=O)NCC(F)(F)F)CCC(F)(F)CC3)ccc2[nH]1)C1CCC(F)(F)CC1)OCc1ccccc1. The average Bonchev–Trinajstić information content (AvgIpc) is 3.41. The van der Waals surface area contributed by atoms with Crippen molar-refractivity contribution in [2.24, 2.45) is 5.92 Å². The first-order chi connectivity index (χ1) is 21.1. The number of hydrogen-bond acceptors (Lipinski definition) is 5. The maximum absolute atomic E-state index is 14.1. The van der Waals surface area contributed by atoms with E-state index in [1.165, 1.54) is 12.1 Å². The van der Waals surface area contributed by atoms with Gasteiger partial charge in [0.15, 0.2) is 5.65 Å². The number of pyridine rings is 1. The predicted molar refractivity (Wildman–Crippen MR) is 147 cm³/mol. The van der Waals surface area contributed by atoms with E-state index >= 15 is 0 Å². The van der Waals surface area contributed by atoms with Crippen molar-refractivity contribution in [1.29, 1.82) is 0 Å². The Labute approximate surface area is 253 Å². The van der Waals surface area contributed by atoms with Crippen LogP contribution in [0.4, 0.5) is 35.5 Å². The number of fused-ring (bicyclic) bond motifs is 1. The van der Waals surface area contributed by atoms with Crippen LogP contribution in [0.2, 0.25) is 0 Å². The Morgan fingerprint density at radius 3 is 2.20 bits per heavy atom. The molecule has 2 fully saturated rings. The summed E-state index contributed by atoms with van der Waals surface area (Å²) in [5, 5.41) is 4.55. The van der Waals surface area contributed by atoms with Crippen LogP contribution >= 0.6 is 0 Å². The number of carbonyl (C=O) groups excluding carboxylic acids is 2. The monoisotopic (exact) mass is 643 g/mol. The molecule has 2 aliphatic carbocycles. The fraction of sp³-hybridized carbons (Fsp3) is 0.533. The number of rotatable bonds is 8. The minimum absolute atomic E-state index is 0.0210. The normalized spacial score (nSPS) is 20.3. The average molecular weight is 644 g/mol. The second-order valence-electron chi connectivity index (χ2n) is 11.8. The summed E-state index contributed by atoms with van der Waals surface area (Å²) in [7, 11) is 0. The van der Waals surface area contributed by atoms with Gasteiger partial charge in [-0.05, 0) is 49.3 Å². The third-order valence-electron chi connectivity index (χ3n) is 8.59. The van der Waals surface area contributed by atoms with Crippen LogP contribution < -0.4 is 10.6 Å². The molecule has 0 saturated heterocycles. The molecule has 8 nitrogen and oxygen atoms in total. The van der Waals surface area contributed by atoms with Crippen LogP contribution in [0.1, 0.15) is 74.5 Å². The summed E-state index contributed by atoms with van der Waals surface area (Å²) in [6.45, 7) is -1.67. The standard InChI is InChI=1S/C30H32F7N5O3/c31-28(32)10-8-19(9-11-28)22(41-26(44)45-16-18-4-2-1-3-5-18)24-39-20-6-7-21(40-23(20)42-24)27(12-14-29(33,34)15-13-27)25(43)38-17-30(35,36)37/h1-7,19,22H,8-17H2,(H,38,43)(H,41,44)(H,39,40,42)/t22-/m0/s1. The summed E-state index contributed by atoms with van der Waals surface area (Å²) in [6, 6.07) is 10.8. The highest BCUT2D eigenvalue weighted by atomic mass is 19.4. The predicted octanol–water partition coefficient (Wildman–Crippen LogP) is 6.88. The number of carbonyl (C=O) groups is 2. The largest absolute Gasteiger partial charge is 0.445 e. The van der Waals surface area contributed by atoms with Crippen LogP contribution in [0.3, 0.4) is 0 Å². The van der Waals surface area contributed by atoms with Gasteiger partial charge in [0.05, 0.1) is 22.7 Å². The van der Waals surface area contributed by atoms with E-state index in [1.807, 2.05) is 5.32 Å². The summed E-state index contributed by atoms with van der Waals surface area (Å²) < 4.78 is 100. The smallest absolute Gasteiger partial charge is 0.408 e. The minimum Gasteiger partial charge on any atom is -0.445 e. The number of hydrogen-bond donors (Lipinski definition) is 3. The molecule has 2 saturated carbocycles. The fourth-order valence-corrected chi connectivity index (χ4v) is 6.01. The molecule has 0 radical (unpaired) electrons. The number of aromatic amines is 1. The Morgan fingerprint density at radius 2 is 1.56 bits per heavy atom. The van der Waals surface area contributed by atoms with Crippen molar-refractivity contribution < 1.29 is 45.1 Å². The van der Waals surface area contributed by atoms with Crippen molar-refractivity contribution in [3.63, 3.8) is 0 Å². The van der Waals surface area contributed by atoms with Crippen LogP contribution in [0.5, 0.6) is 0 Å². The first kappa shape index (κ1) is 32.5. The molecule has 15 heteroatoms. The number of halogens is 7. The lowest BCUT2D eigenvalue weighted by Gasteiger charge is -2.38. The lowest BCUT2D eigenvalue weighted by atomic mass is 9.69. The summed E-state index contributed by atoms with van der Waals surface area (Å²) >= 11 is 0. The van der Waals surface area contributed by atoms with E-state index in [0.29, 0.717) is 5.52 Å². The number of alkyl carbamates (subject to hydrolysis) is 1. The van der Waals surface area contributed by atoms with Gasteiger partial charge in [0.1, 0.15) is 19.0 Å². The van der Waals surface area contributed by atoms with Gasteiger partial charge in [-0.3, -0.25) is 4.79 Å². The molecular weight excluding hydrogens is 611 g/mol. The summed E-state index contributed by atoms with van der Waals surface area (Å²) in [4.78, 5) is 37.9. The van der Waals surface area contributed by atoms with Gasteiger partial charge in [0.25, 0.3) is 0 Å². The summed E-state index contributed by atoms with van der Waals surface area (Å²) in [5.41, 5.74) is -0.698. The minimum atomic E-state index is -4.71. The van der Waals surface area contributed by atoms with E-state index in [9.17, 15) is 40.3 Å². The second kappa shape index (κ2) is 12.5. The zero-order chi connectivity index (χ0) is 32.5. The molecule has 45 heavy (non-hydrogen) atoms. The number of imidazole rings is 1. The zero-order valence-electron chi connectivity index (χ0n) is 24.0. The Balaban J connectivity index is 1.43. The van der Waals surface area contributed by atoms with Crippen LogP contribution in [0, 0.1) is 5.92 Å². The van der Waals surface area contributed by atoms with Crippen LogP contribution in [-0.4, -0.2) is 51.5 Å². The molecular formula is C30H32F7N5O3. The van der Waals surface area contributed by atoms with Gasteiger partial charge in [-0.25, -0.2) is 32.3 Å². The van der Waals surface area contributed by atoms with Crippen LogP contribution in [0.25, 0.3) is 11.2 Å². The fourth-order valence-electron chi connectivity index (χ4n) is 6.01. The Hall–Kier alpha value is -3.91. The van der Waals surface area contributed by atoms with E-state index in [-0.39, 0.29) is 36.6 Å². The molecule has 0 bridgehead atoms. The number of nitrogens with one attached hydrogen (secondary N) is 3. The number of nitrogens with zero attached hydrogens (tertiary/aromatic N) is 2. The maximum Gasteiger partial charge on any atom is 0.408 e. The number of aromatic nitrogens is 3. The first-order valence-corrected chi connectivity index (χ1v) is 14.6. The first-order valence-electron chi connectivity index (χ1n) is 14.6. The molecule has 2 heterocycles. The van der Waals surface area contributed by atoms with E-state index in [2.05, 4.69) is 20.3 Å². The van der Waals surface area contributed by atoms with Crippen LogP contribution in [0.15, 0.2) is 42.5 Å².